The van der Waals surface area contributed by atoms with Crippen LogP contribution in [0.4, 0.5) is 5.82 Å². The maximum absolute atomic E-state index is 5.44. The molecule has 2 aromatic rings. The third-order valence-corrected chi connectivity index (χ3v) is 3.15. The van der Waals surface area contributed by atoms with E-state index < -0.39 is 0 Å². The van der Waals surface area contributed by atoms with Crippen LogP contribution in [-0.4, -0.2) is 33.4 Å². The summed E-state index contributed by atoms with van der Waals surface area (Å²) in [7, 11) is 0. The first-order chi connectivity index (χ1) is 8.16. The van der Waals surface area contributed by atoms with Crippen LogP contribution in [0.3, 0.4) is 0 Å². The highest BCUT2D eigenvalue weighted by molar-refractivity contribution is 5.68. The summed E-state index contributed by atoms with van der Waals surface area (Å²) in [5.41, 5.74) is 1.99. The van der Waals surface area contributed by atoms with Gasteiger partial charge in [-0.05, 0) is 26.3 Å². The third-order valence-electron chi connectivity index (χ3n) is 3.15. The van der Waals surface area contributed by atoms with Crippen molar-refractivity contribution >= 4 is 11.3 Å². The number of rotatable bonds is 2. The van der Waals surface area contributed by atoms with Crippen LogP contribution in [0.2, 0.25) is 0 Å². The molecule has 0 spiro atoms. The highest BCUT2D eigenvalue weighted by Gasteiger charge is 2.30. The molecule has 0 aromatic carbocycles. The van der Waals surface area contributed by atoms with Gasteiger partial charge in [-0.15, -0.1) is 0 Å². The molecule has 0 radical (unpaired) electrons. The number of aryl methyl sites for hydroxylation is 1. The minimum atomic E-state index is -0.0208. The van der Waals surface area contributed by atoms with E-state index in [9.17, 15) is 0 Å². The van der Waals surface area contributed by atoms with Crippen LogP contribution in [0.5, 0.6) is 0 Å². The van der Waals surface area contributed by atoms with Crippen molar-refractivity contribution in [3.63, 3.8) is 0 Å². The van der Waals surface area contributed by atoms with Crippen molar-refractivity contribution in [1.82, 2.24) is 14.6 Å². The Morgan fingerprint density at radius 2 is 2.41 bits per heavy atom. The van der Waals surface area contributed by atoms with Gasteiger partial charge in [0.15, 0.2) is 5.82 Å². The number of aromatic nitrogens is 3. The molecule has 2 aromatic heterocycles. The number of hydrogen-bond donors (Lipinski definition) is 1. The van der Waals surface area contributed by atoms with E-state index in [2.05, 4.69) is 22.3 Å². The second-order valence-electron chi connectivity index (χ2n) is 4.88. The predicted molar refractivity (Wildman–Crippen MR) is 65.2 cm³/mol. The summed E-state index contributed by atoms with van der Waals surface area (Å²) in [6, 6.07) is 2.04. The minimum absolute atomic E-state index is 0.0208. The van der Waals surface area contributed by atoms with E-state index in [0.717, 1.165) is 36.7 Å². The molecular weight excluding hydrogens is 216 g/mol. The Balaban J connectivity index is 1.99. The zero-order valence-corrected chi connectivity index (χ0v) is 10.1. The van der Waals surface area contributed by atoms with Gasteiger partial charge in [-0.25, -0.2) is 9.50 Å². The number of nitrogens with zero attached hydrogens (tertiary/aromatic N) is 3. The van der Waals surface area contributed by atoms with Crippen molar-refractivity contribution in [3.8, 4) is 0 Å². The number of ether oxygens (including phenoxy) is 1. The van der Waals surface area contributed by atoms with Crippen LogP contribution in [0.1, 0.15) is 19.0 Å². The standard InChI is InChI=1S/C12H16N4O/c1-9-7-10-11(13-4-5-16(10)15-9)14-12(2)3-6-17-8-12/h4-5,7H,3,6,8H2,1-2H3,(H,13,14). The maximum atomic E-state index is 5.44. The van der Waals surface area contributed by atoms with Crippen molar-refractivity contribution in [1.29, 1.82) is 0 Å². The van der Waals surface area contributed by atoms with Gasteiger partial charge in [-0.3, -0.25) is 0 Å². The minimum Gasteiger partial charge on any atom is -0.379 e. The van der Waals surface area contributed by atoms with Gasteiger partial charge in [0.25, 0.3) is 0 Å². The topological polar surface area (TPSA) is 51.5 Å². The van der Waals surface area contributed by atoms with Gasteiger partial charge >= 0.3 is 0 Å². The first kappa shape index (κ1) is 10.5. The summed E-state index contributed by atoms with van der Waals surface area (Å²) in [4.78, 5) is 4.40. The molecule has 5 nitrogen and oxygen atoms in total. The molecule has 3 heterocycles. The van der Waals surface area contributed by atoms with Crippen LogP contribution in [-0.2, 0) is 4.74 Å². The largest absolute Gasteiger partial charge is 0.379 e. The number of hydrogen-bond acceptors (Lipinski definition) is 4. The lowest BCUT2D eigenvalue weighted by atomic mass is 10.0. The Morgan fingerprint density at radius 1 is 1.53 bits per heavy atom. The van der Waals surface area contributed by atoms with Gasteiger partial charge in [0.05, 0.1) is 17.8 Å². The van der Waals surface area contributed by atoms with Gasteiger partial charge < -0.3 is 10.1 Å². The molecule has 1 unspecified atom stereocenters. The lowest BCUT2D eigenvalue weighted by Gasteiger charge is -2.24. The van der Waals surface area contributed by atoms with Gasteiger partial charge in [0.1, 0.15) is 5.52 Å². The zero-order chi connectivity index (χ0) is 11.9. The molecule has 0 aliphatic carbocycles. The zero-order valence-electron chi connectivity index (χ0n) is 10.1. The summed E-state index contributed by atoms with van der Waals surface area (Å²) in [5.74, 6) is 0.876. The van der Waals surface area contributed by atoms with E-state index in [0.29, 0.717) is 0 Å². The van der Waals surface area contributed by atoms with E-state index in [1.54, 1.807) is 6.20 Å². The molecule has 1 saturated heterocycles. The Labute approximate surface area is 99.8 Å². The first-order valence-corrected chi connectivity index (χ1v) is 5.83. The third kappa shape index (κ3) is 1.86. The van der Waals surface area contributed by atoms with E-state index in [1.807, 2.05) is 23.7 Å². The SMILES string of the molecule is Cc1cc2c(NC3(C)CCOC3)nccn2n1. The average molecular weight is 232 g/mol. The molecular formula is C12H16N4O. The fourth-order valence-electron chi connectivity index (χ4n) is 2.19. The van der Waals surface area contributed by atoms with Crippen molar-refractivity contribution in [3.05, 3.63) is 24.2 Å². The predicted octanol–water partition coefficient (Wildman–Crippen LogP) is 1.63. The summed E-state index contributed by atoms with van der Waals surface area (Å²) in [6.07, 6.45) is 4.63. The summed E-state index contributed by atoms with van der Waals surface area (Å²) in [6.45, 7) is 5.68. The molecule has 5 heteroatoms. The van der Waals surface area contributed by atoms with Gasteiger partial charge in [-0.1, -0.05) is 0 Å². The highest BCUT2D eigenvalue weighted by Crippen LogP contribution is 2.25. The molecule has 1 aliphatic heterocycles. The van der Waals surface area contributed by atoms with Crippen molar-refractivity contribution in [2.75, 3.05) is 18.5 Å². The number of fused-ring (bicyclic) bond motifs is 1. The molecule has 3 rings (SSSR count). The lowest BCUT2D eigenvalue weighted by molar-refractivity contribution is 0.185. The van der Waals surface area contributed by atoms with Gasteiger partial charge in [0, 0.05) is 19.0 Å². The molecule has 17 heavy (non-hydrogen) atoms. The quantitative estimate of drug-likeness (QED) is 0.855. The summed E-state index contributed by atoms with van der Waals surface area (Å²) in [5, 5.41) is 7.85. The van der Waals surface area contributed by atoms with Crippen LogP contribution in [0.15, 0.2) is 18.5 Å². The Kier molecular flexibility index (Phi) is 2.29. The Bertz CT molecular complexity index is 542. The molecule has 1 N–H and O–H groups in total. The van der Waals surface area contributed by atoms with E-state index in [1.165, 1.54) is 0 Å². The van der Waals surface area contributed by atoms with E-state index in [4.69, 9.17) is 4.74 Å². The number of nitrogens with one attached hydrogen (secondary N) is 1. The lowest BCUT2D eigenvalue weighted by Crippen LogP contribution is -2.35. The highest BCUT2D eigenvalue weighted by atomic mass is 16.5. The van der Waals surface area contributed by atoms with E-state index >= 15 is 0 Å². The second kappa shape index (κ2) is 3.70. The van der Waals surface area contributed by atoms with Crippen molar-refractivity contribution in [2.24, 2.45) is 0 Å². The Hall–Kier alpha value is -1.62. The monoisotopic (exact) mass is 232 g/mol. The molecule has 0 saturated carbocycles. The number of anilines is 1. The normalized spacial score (nSPS) is 24.4. The van der Waals surface area contributed by atoms with Gasteiger partial charge in [-0.2, -0.15) is 5.10 Å². The van der Waals surface area contributed by atoms with Gasteiger partial charge in [0.2, 0.25) is 0 Å². The van der Waals surface area contributed by atoms with Crippen LogP contribution in [0, 0.1) is 6.92 Å². The van der Waals surface area contributed by atoms with Crippen molar-refractivity contribution in [2.45, 2.75) is 25.8 Å². The smallest absolute Gasteiger partial charge is 0.152 e. The van der Waals surface area contributed by atoms with Crippen LogP contribution in [0.25, 0.3) is 5.52 Å². The average Bonchev–Trinajstić information content (AvgIpc) is 2.85. The molecule has 1 atom stereocenters. The summed E-state index contributed by atoms with van der Waals surface area (Å²) < 4.78 is 7.29. The Morgan fingerprint density at radius 3 is 3.18 bits per heavy atom. The van der Waals surface area contributed by atoms with E-state index in [-0.39, 0.29) is 5.54 Å². The second-order valence-corrected chi connectivity index (χ2v) is 4.88. The van der Waals surface area contributed by atoms with Crippen LogP contribution >= 0.6 is 0 Å². The fraction of sp³-hybridized carbons (Fsp3) is 0.500. The molecule has 90 valence electrons. The van der Waals surface area contributed by atoms with Crippen molar-refractivity contribution < 1.29 is 4.74 Å². The van der Waals surface area contributed by atoms with Crippen LogP contribution < -0.4 is 5.32 Å². The molecule has 1 aliphatic rings. The molecule has 0 bridgehead atoms. The molecule has 1 fully saturated rings. The summed E-state index contributed by atoms with van der Waals surface area (Å²) >= 11 is 0. The maximum Gasteiger partial charge on any atom is 0.152 e. The fourth-order valence-corrected chi connectivity index (χ4v) is 2.19. The first-order valence-electron chi connectivity index (χ1n) is 5.83. The molecule has 0 amide bonds.